The van der Waals surface area contributed by atoms with Crippen LogP contribution in [0.1, 0.15) is 92.9 Å². The smallest absolute Gasteiger partial charge is 0.345 e. The summed E-state index contributed by atoms with van der Waals surface area (Å²) in [6, 6.07) is 0. The first-order valence-corrected chi connectivity index (χ1v) is 8.79. The van der Waals surface area contributed by atoms with E-state index >= 15 is 0 Å². The number of hydrogen-bond donors (Lipinski definition) is 1. The third-order valence-electron chi connectivity index (χ3n) is 3.10. The predicted octanol–water partition coefficient (Wildman–Crippen LogP) is 5.13. The second-order valence-corrected chi connectivity index (χ2v) is 6.70. The maximum atomic E-state index is 11.6. The van der Waals surface area contributed by atoms with E-state index in [9.17, 15) is 9.59 Å². The van der Waals surface area contributed by atoms with Crippen LogP contribution in [0.15, 0.2) is 0 Å². The fourth-order valence-corrected chi connectivity index (χ4v) is 1.70. The Hall–Kier alpha value is -1.10. The van der Waals surface area contributed by atoms with Crippen molar-refractivity contribution in [1.29, 1.82) is 0 Å². The van der Waals surface area contributed by atoms with Crippen LogP contribution in [-0.4, -0.2) is 22.6 Å². The Morgan fingerprint density at radius 3 is 1.96 bits per heavy atom. The van der Waals surface area contributed by atoms with Crippen LogP contribution in [0.3, 0.4) is 0 Å². The third kappa shape index (κ3) is 18.9. The van der Waals surface area contributed by atoms with Crippen LogP contribution in [0.5, 0.6) is 0 Å². The van der Waals surface area contributed by atoms with Gasteiger partial charge in [0.15, 0.2) is 0 Å². The molecule has 138 valence electrons. The summed E-state index contributed by atoms with van der Waals surface area (Å²) < 4.78 is 0. The largest absolute Gasteiger partial charge is 0.481 e. The Morgan fingerprint density at radius 1 is 1.00 bits per heavy atom. The molecule has 0 saturated heterocycles. The fraction of sp³-hybridized carbons (Fsp3) is 0.889. The number of rotatable bonds is 10. The van der Waals surface area contributed by atoms with Crippen LogP contribution in [0.2, 0.25) is 0 Å². The molecule has 0 aromatic carbocycles. The van der Waals surface area contributed by atoms with Gasteiger partial charge in [0.2, 0.25) is 0 Å². The average Bonchev–Trinajstić information content (AvgIpc) is 2.46. The number of carbonyl (C=O) groups is 2. The van der Waals surface area contributed by atoms with Gasteiger partial charge in [0.25, 0.3) is 0 Å². The van der Waals surface area contributed by atoms with Gasteiger partial charge in [-0.05, 0) is 40.0 Å². The maximum absolute atomic E-state index is 11.6. The standard InChI is InChI=1S/C12H24O3.C6H12O2/c1-6-8-9-10(7-2)11(13)14-15-12(3,4)5;1-2-3-4-5-6(7)8/h10H,6-9H2,1-5H3;2-5H2,1H3,(H,7,8). The van der Waals surface area contributed by atoms with Crippen LogP contribution in [0.4, 0.5) is 0 Å². The minimum Gasteiger partial charge on any atom is -0.481 e. The van der Waals surface area contributed by atoms with Crippen LogP contribution >= 0.6 is 0 Å². The molecule has 0 radical (unpaired) electrons. The zero-order valence-corrected chi connectivity index (χ0v) is 15.8. The van der Waals surface area contributed by atoms with Gasteiger partial charge in [0.05, 0.1) is 5.92 Å². The molecule has 0 rings (SSSR count). The van der Waals surface area contributed by atoms with Gasteiger partial charge >= 0.3 is 11.9 Å². The monoisotopic (exact) mass is 332 g/mol. The van der Waals surface area contributed by atoms with Gasteiger partial charge in [-0.3, -0.25) is 9.68 Å². The zero-order chi connectivity index (χ0) is 18.3. The SMILES string of the molecule is CCCCC(CC)C(=O)OOC(C)(C)C.CCCCCC(=O)O. The number of aliphatic carboxylic acids is 1. The van der Waals surface area contributed by atoms with Crippen LogP contribution in [0.25, 0.3) is 0 Å². The number of carbonyl (C=O) groups excluding carboxylic acids is 1. The lowest BCUT2D eigenvalue weighted by atomic mass is 10.00. The molecular weight excluding hydrogens is 296 g/mol. The van der Waals surface area contributed by atoms with E-state index in [1.54, 1.807) is 0 Å². The molecule has 1 unspecified atom stereocenters. The fourth-order valence-electron chi connectivity index (χ4n) is 1.70. The van der Waals surface area contributed by atoms with Gasteiger partial charge in [-0.25, -0.2) is 4.79 Å². The first-order chi connectivity index (χ1) is 10.7. The van der Waals surface area contributed by atoms with Crippen molar-refractivity contribution in [3.8, 4) is 0 Å². The van der Waals surface area contributed by atoms with E-state index in [1.165, 1.54) is 0 Å². The van der Waals surface area contributed by atoms with E-state index in [-0.39, 0.29) is 11.9 Å². The minimum atomic E-state index is -0.682. The van der Waals surface area contributed by atoms with Crippen molar-refractivity contribution in [2.45, 2.75) is 98.5 Å². The van der Waals surface area contributed by atoms with Crippen molar-refractivity contribution in [1.82, 2.24) is 0 Å². The molecule has 0 aromatic rings. The highest BCUT2D eigenvalue weighted by molar-refractivity contribution is 5.71. The molecule has 0 bridgehead atoms. The Morgan fingerprint density at radius 2 is 1.57 bits per heavy atom. The lowest BCUT2D eigenvalue weighted by Gasteiger charge is -2.19. The van der Waals surface area contributed by atoms with Crippen molar-refractivity contribution in [2.24, 2.45) is 5.92 Å². The first kappa shape index (κ1) is 24.2. The predicted molar refractivity (Wildman–Crippen MR) is 92.0 cm³/mol. The number of carboxylic acid groups (broad SMARTS) is 1. The number of carboxylic acids is 1. The Bertz CT molecular complexity index is 307. The van der Waals surface area contributed by atoms with E-state index in [0.29, 0.717) is 6.42 Å². The van der Waals surface area contributed by atoms with Crippen molar-refractivity contribution >= 4 is 11.9 Å². The lowest BCUT2D eigenvalue weighted by molar-refractivity contribution is -0.323. The zero-order valence-electron chi connectivity index (χ0n) is 15.8. The summed E-state index contributed by atoms with van der Waals surface area (Å²) in [7, 11) is 0. The topological polar surface area (TPSA) is 72.8 Å². The van der Waals surface area contributed by atoms with Crippen molar-refractivity contribution in [2.75, 3.05) is 0 Å². The minimum absolute atomic E-state index is 0.0210. The summed E-state index contributed by atoms with van der Waals surface area (Å²) in [5.41, 5.74) is -0.432. The lowest BCUT2D eigenvalue weighted by Crippen LogP contribution is -2.25. The Kier molecular flexibility index (Phi) is 15.2. The van der Waals surface area contributed by atoms with E-state index in [2.05, 4.69) is 13.8 Å². The number of unbranched alkanes of at least 4 members (excludes halogenated alkanes) is 3. The van der Waals surface area contributed by atoms with Crippen LogP contribution in [-0.2, 0) is 19.4 Å². The van der Waals surface area contributed by atoms with Gasteiger partial charge in [-0.15, -0.1) is 0 Å². The van der Waals surface area contributed by atoms with E-state index in [1.807, 2.05) is 27.7 Å². The van der Waals surface area contributed by atoms with Crippen molar-refractivity contribution in [3.05, 3.63) is 0 Å². The second-order valence-electron chi connectivity index (χ2n) is 6.70. The molecule has 0 saturated carbocycles. The van der Waals surface area contributed by atoms with E-state index < -0.39 is 11.6 Å². The molecule has 1 N–H and O–H groups in total. The molecule has 1 atom stereocenters. The van der Waals surface area contributed by atoms with Crippen molar-refractivity contribution in [3.63, 3.8) is 0 Å². The molecule has 0 aliphatic heterocycles. The molecule has 23 heavy (non-hydrogen) atoms. The maximum Gasteiger partial charge on any atom is 0.345 e. The molecule has 0 aliphatic rings. The highest BCUT2D eigenvalue weighted by Gasteiger charge is 2.21. The summed E-state index contributed by atoms with van der Waals surface area (Å²) in [6.07, 6.45) is 7.14. The van der Waals surface area contributed by atoms with Gasteiger partial charge < -0.3 is 5.11 Å². The molecule has 0 heterocycles. The molecule has 0 spiro atoms. The summed E-state index contributed by atoms with van der Waals surface area (Å²) in [6.45, 7) is 11.7. The molecule has 0 fully saturated rings. The van der Waals surface area contributed by atoms with Gasteiger partial charge in [0.1, 0.15) is 5.60 Å². The van der Waals surface area contributed by atoms with E-state index in [4.69, 9.17) is 14.9 Å². The normalized spacial score (nSPS) is 12.1. The molecule has 0 amide bonds. The number of hydrogen-bond acceptors (Lipinski definition) is 4. The van der Waals surface area contributed by atoms with Crippen molar-refractivity contribution < 1.29 is 24.5 Å². The summed E-state index contributed by atoms with van der Waals surface area (Å²) in [5.74, 6) is -0.938. The van der Waals surface area contributed by atoms with Gasteiger partial charge in [-0.2, -0.15) is 4.89 Å². The molecule has 5 heteroatoms. The van der Waals surface area contributed by atoms with Crippen LogP contribution < -0.4 is 0 Å². The Labute approximate surface area is 141 Å². The molecular formula is C18H36O5. The highest BCUT2D eigenvalue weighted by atomic mass is 17.2. The van der Waals surface area contributed by atoms with E-state index in [0.717, 1.165) is 44.9 Å². The van der Waals surface area contributed by atoms with Crippen LogP contribution in [0, 0.1) is 5.92 Å². The third-order valence-corrected chi connectivity index (χ3v) is 3.10. The highest BCUT2D eigenvalue weighted by Crippen LogP contribution is 2.16. The Balaban J connectivity index is 0. The average molecular weight is 332 g/mol. The first-order valence-electron chi connectivity index (χ1n) is 8.79. The molecule has 0 aliphatic carbocycles. The molecule has 0 aromatic heterocycles. The molecule has 5 nitrogen and oxygen atoms in total. The van der Waals surface area contributed by atoms with Gasteiger partial charge in [0, 0.05) is 6.42 Å². The second kappa shape index (κ2) is 14.5. The summed E-state index contributed by atoms with van der Waals surface area (Å²) >= 11 is 0. The summed E-state index contributed by atoms with van der Waals surface area (Å²) in [4.78, 5) is 31.3. The van der Waals surface area contributed by atoms with Gasteiger partial charge in [-0.1, -0.05) is 46.5 Å². The summed E-state index contributed by atoms with van der Waals surface area (Å²) in [5, 5.41) is 8.14. The quantitative estimate of drug-likeness (QED) is 0.341.